The first-order chi connectivity index (χ1) is 32.7. The number of para-hydroxylation sites is 3. The molecular weight excluding hydrogens is 797 g/mol. The molecule has 0 saturated heterocycles. The number of fused-ring (bicyclic) bond motifs is 12. The monoisotopic (exact) mass is 838 g/mol. The molecule has 0 bridgehead atoms. The number of allylic oxidation sites excluding steroid dienone is 3. The Hall–Kier alpha value is -8.59. The van der Waals surface area contributed by atoms with Gasteiger partial charge in [-0.1, -0.05) is 182 Å². The quantitative estimate of drug-likeness (QED) is 0.0706. The zero-order chi connectivity index (χ0) is 43.7. The Morgan fingerprint density at radius 3 is 1.64 bits per heavy atom. The van der Waals surface area contributed by atoms with Crippen LogP contribution in [0.5, 0.6) is 0 Å². The highest BCUT2D eigenvalue weighted by Crippen LogP contribution is 2.46. The van der Waals surface area contributed by atoms with Crippen molar-refractivity contribution in [3.8, 4) is 33.4 Å². The molecule has 0 atom stereocenters. The Morgan fingerprint density at radius 1 is 0.394 bits per heavy atom. The van der Waals surface area contributed by atoms with Crippen molar-refractivity contribution in [2.75, 3.05) is 0 Å². The van der Waals surface area contributed by atoms with Crippen molar-refractivity contribution in [3.05, 3.63) is 242 Å². The summed E-state index contributed by atoms with van der Waals surface area (Å²) in [6, 6.07) is 80.2. The van der Waals surface area contributed by atoms with Crippen LogP contribution in [0, 0.1) is 0 Å². The van der Waals surface area contributed by atoms with Crippen LogP contribution in [-0.4, -0.2) is 9.38 Å². The van der Waals surface area contributed by atoms with Crippen LogP contribution in [0.25, 0.3) is 126 Å². The maximum absolute atomic E-state index is 5.13. The number of pyridine rings is 1. The molecule has 13 aromatic rings. The maximum atomic E-state index is 5.13. The molecule has 0 unspecified atom stereocenters. The molecule has 0 aliphatic carbocycles. The van der Waals surface area contributed by atoms with Gasteiger partial charge in [-0.2, -0.15) is 0 Å². The molecule has 11 aromatic carbocycles. The fourth-order valence-corrected chi connectivity index (χ4v) is 10.5. The number of rotatable bonds is 6. The molecule has 2 heteroatoms. The fraction of sp³-hybridized carbons (Fsp3) is 0.0156. The minimum atomic E-state index is 0.986. The molecule has 0 aliphatic heterocycles. The van der Waals surface area contributed by atoms with Gasteiger partial charge in [-0.3, -0.25) is 4.40 Å². The SMILES string of the molecule is C/C=C\C(=C/c1ccc(-c2ccc3c(-c4ccc5ccccc5c4)c4ccccc4c(-c4ccc5ccccc5c4)c3c2)cc1)c1ccc2c(c1)c1ccccc1n1c3ccccc3nc21. The van der Waals surface area contributed by atoms with Gasteiger partial charge in [-0.15, -0.1) is 0 Å². The lowest BCUT2D eigenvalue weighted by atomic mass is 9.84. The summed E-state index contributed by atoms with van der Waals surface area (Å²) in [7, 11) is 0. The van der Waals surface area contributed by atoms with Crippen LogP contribution < -0.4 is 0 Å². The van der Waals surface area contributed by atoms with Crippen molar-refractivity contribution in [3.63, 3.8) is 0 Å². The molecule has 0 amide bonds. The maximum Gasteiger partial charge on any atom is 0.146 e. The molecule has 2 aromatic heterocycles. The highest BCUT2D eigenvalue weighted by molar-refractivity contribution is 6.23. The van der Waals surface area contributed by atoms with Crippen LogP contribution in [0.3, 0.4) is 0 Å². The van der Waals surface area contributed by atoms with Gasteiger partial charge in [0.25, 0.3) is 0 Å². The fourth-order valence-electron chi connectivity index (χ4n) is 10.5. The molecule has 0 spiro atoms. The summed E-state index contributed by atoms with van der Waals surface area (Å²) in [6.07, 6.45) is 6.65. The second-order valence-electron chi connectivity index (χ2n) is 17.4. The molecule has 0 aliphatic rings. The molecule has 0 fully saturated rings. The zero-order valence-corrected chi connectivity index (χ0v) is 36.4. The van der Waals surface area contributed by atoms with Gasteiger partial charge in [0.1, 0.15) is 5.65 Å². The molecule has 2 nitrogen and oxygen atoms in total. The highest BCUT2D eigenvalue weighted by Gasteiger charge is 2.19. The number of hydrogen-bond acceptors (Lipinski definition) is 1. The van der Waals surface area contributed by atoms with E-state index in [-0.39, 0.29) is 0 Å². The van der Waals surface area contributed by atoms with Crippen molar-refractivity contribution in [1.29, 1.82) is 0 Å². The molecule has 66 heavy (non-hydrogen) atoms. The Bertz CT molecular complexity index is 4170. The smallest absolute Gasteiger partial charge is 0.146 e. The highest BCUT2D eigenvalue weighted by atomic mass is 15.0. The third-order valence-corrected chi connectivity index (χ3v) is 13.6. The predicted molar refractivity (Wildman–Crippen MR) is 283 cm³/mol. The van der Waals surface area contributed by atoms with E-state index in [1.807, 2.05) is 0 Å². The summed E-state index contributed by atoms with van der Waals surface area (Å²) < 4.78 is 2.31. The Morgan fingerprint density at radius 2 is 0.939 bits per heavy atom. The number of aromatic nitrogens is 2. The van der Waals surface area contributed by atoms with Gasteiger partial charge in [-0.05, 0) is 160 Å². The first kappa shape index (κ1) is 37.9. The molecule has 13 rings (SSSR count). The summed E-state index contributed by atoms with van der Waals surface area (Å²) in [5, 5.41) is 13.5. The molecule has 0 saturated carbocycles. The zero-order valence-electron chi connectivity index (χ0n) is 36.4. The minimum Gasteiger partial charge on any atom is -0.292 e. The normalized spacial score (nSPS) is 12.3. The lowest BCUT2D eigenvalue weighted by molar-refractivity contribution is 1.31. The van der Waals surface area contributed by atoms with Crippen LogP contribution in [0.1, 0.15) is 18.1 Å². The van der Waals surface area contributed by atoms with Crippen molar-refractivity contribution in [1.82, 2.24) is 9.38 Å². The third-order valence-electron chi connectivity index (χ3n) is 13.6. The summed E-state index contributed by atoms with van der Waals surface area (Å²) in [6.45, 7) is 2.09. The Balaban J connectivity index is 0.946. The van der Waals surface area contributed by atoms with Crippen LogP contribution >= 0.6 is 0 Å². The van der Waals surface area contributed by atoms with Crippen LogP contribution in [0.15, 0.2) is 231 Å². The van der Waals surface area contributed by atoms with E-state index < -0.39 is 0 Å². The average Bonchev–Trinajstić information content (AvgIpc) is 3.78. The second-order valence-corrected chi connectivity index (χ2v) is 17.4. The van der Waals surface area contributed by atoms with Gasteiger partial charge < -0.3 is 0 Å². The van der Waals surface area contributed by atoms with E-state index in [0.29, 0.717) is 0 Å². The third kappa shape index (κ3) is 6.14. The van der Waals surface area contributed by atoms with Gasteiger partial charge in [0.2, 0.25) is 0 Å². The van der Waals surface area contributed by atoms with Gasteiger partial charge in [0.15, 0.2) is 0 Å². The van der Waals surface area contributed by atoms with E-state index in [1.54, 1.807) is 0 Å². The number of nitrogens with zero attached hydrogens (tertiary/aromatic N) is 2. The predicted octanol–water partition coefficient (Wildman–Crippen LogP) is 17.5. The average molecular weight is 839 g/mol. The van der Waals surface area contributed by atoms with E-state index in [2.05, 4.69) is 248 Å². The van der Waals surface area contributed by atoms with E-state index in [9.17, 15) is 0 Å². The van der Waals surface area contributed by atoms with Crippen LogP contribution in [0.4, 0.5) is 0 Å². The van der Waals surface area contributed by atoms with Crippen molar-refractivity contribution < 1.29 is 0 Å². The lowest BCUT2D eigenvalue weighted by Crippen LogP contribution is -1.92. The topological polar surface area (TPSA) is 17.3 Å². The largest absolute Gasteiger partial charge is 0.292 e. The van der Waals surface area contributed by atoms with Crippen molar-refractivity contribution in [2.45, 2.75) is 6.92 Å². The molecule has 2 heterocycles. The van der Waals surface area contributed by atoms with Gasteiger partial charge >= 0.3 is 0 Å². The Kier molecular flexibility index (Phi) is 8.79. The van der Waals surface area contributed by atoms with Crippen LogP contribution in [0.2, 0.25) is 0 Å². The molecule has 0 radical (unpaired) electrons. The van der Waals surface area contributed by atoms with E-state index >= 15 is 0 Å². The second kappa shape index (κ2) is 15.3. The molecule has 308 valence electrons. The Labute approximate surface area is 382 Å². The molecular formula is C64H42N2. The summed E-state index contributed by atoms with van der Waals surface area (Å²) in [5.74, 6) is 0. The van der Waals surface area contributed by atoms with Gasteiger partial charge in [-0.25, -0.2) is 4.98 Å². The summed E-state index contributed by atoms with van der Waals surface area (Å²) in [5.41, 5.74) is 15.1. The number of imidazole rings is 1. The van der Waals surface area contributed by atoms with Crippen molar-refractivity contribution >= 4 is 93.1 Å². The first-order valence-corrected chi connectivity index (χ1v) is 22.8. The number of hydrogen-bond donors (Lipinski definition) is 0. The standard InChI is InChI=1S/C64H42N2/c1-2-13-45(49-33-35-56-57(39-49)52-18-9-11-22-60(52)66-61-23-12-10-21-59(61)65-64(56)66)36-41-24-26-44(27-25-41)48-32-34-55-58(40-48)63(51-31-29-43-15-4-6-17-47(43)38-51)54-20-8-7-19-53(54)62(55)50-30-28-42-14-3-5-16-46(42)37-50/h2-40H,1H3/b13-2-,45-36+. The first-order valence-electron chi connectivity index (χ1n) is 22.8. The molecule has 0 N–H and O–H groups in total. The van der Waals surface area contributed by atoms with Gasteiger partial charge in [0, 0.05) is 10.8 Å². The van der Waals surface area contributed by atoms with E-state index in [0.717, 1.165) is 38.7 Å². The van der Waals surface area contributed by atoms with Crippen molar-refractivity contribution in [2.24, 2.45) is 0 Å². The van der Waals surface area contributed by atoms with E-state index in [4.69, 9.17) is 4.98 Å². The van der Waals surface area contributed by atoms with Crippen LogP contribution in [-0.2, 0) is 0 Å². The van der Waals surface area contributed by atoms with E-state index in [1.165, 1.54) is 92.8 Å². The lowest BCUT2D eigenvalue weighted by Gasteiger charge is -2.19. The minimum absolute atomic E-state index is 0.986. The summed E-state index contributed by atoms with van der Waals surface area (Å²) in [4.78, 5) is 5.13. The van der Waals surface area contributed by atoms with Gasteiger partial charge in [0.05, 0.1) is 16.6 Å². The number of benzene rings is 11. The summed E-state index contributed by atoms with van der Waals surface area (Å²) >= 11 is 0.